The van der Waals surface area contributed by atoms with Crippen LogP contribution >= 0.6 is 37.9 Å². The van der Waals surface area contributed by atoms with Crippen LogP contribution in [-0.4, -0.2) is 58.8 Å². The van der Waals surface area contributed by atoms with Gasteiger partial charge in [-0.25, -0.2) is 4.79 Å². The fourth-order valence-corrected chi connectivity index (χ4v) is 2.83. The summed E-state index contributed by atoms with van der Waals surface area (Å²) in [6.07, 6.45) is -5.44. The van der Waals surface area contributed by atoms with Crippen LogP contribution in [0.15, 0.2) is 0 Å². The van der Waals surface area contributed by atoms with Crippen molar-refractivity contribution in [1.29, 1.82) is 0 Å². The Morgan fingerprint density at radius 2 is 1.56 bits per heavy atom. The molecule has 0 aromatic rings. The normalized spacial score (nSPS) is 16.2. The van der Waals surface area contributed by atoms with Crippen molar-refractivity contribution in [2.75, 3.05) is 17.3 Å². The third-order valence-electron chi connectivity index (χ3n) is 3.06. The van der Waals surface area contributed by atoms with Crippen molar-refractivity contribution in [2.45, 2.75) is 17.8 Å². The van der Waals surface area contributed by atoms with Gasteiger partial charge in [-0.2, -0.15) is 51.1 Å². The quantitative estimate of drug-likeness (QED) is 0.202. The molecule has 0 heterocycles. The number of thiol groups is 3. The number of ether oxygens (including phenoxy) is 1. The summed E-state index contributed by atoms with van der Waals surface area (Å²) in [4.78, 5) is 46.3. The molecule has 0 rings (SSSR count). The number of alkyl halides is 3. The zero-order chi connectivity index (χ0) is 20.0. The van der Waals surface area contributed by atoms with Crippen LogP contribution in [0.5, 0.6) is 0 Å². The van der Waals surface area contributed by atoms with Crippen molar-refractivity contribution < 1.29 is 37.1 Å². The van der Waals surface area contributed by atoms with E-state index < -0.39 is 58.9 Å². The third kappa shape index (κ3) is 5.88. The minimum Gasteiger partial charge on any atom is -0.440 e. The van der Waals surface area contributed by atoms with Crippen molar-refractivity contribution in [1.82, 2.24) is 5.32 Å². The number of primary amides is 2. The van der Waals surface area contributed by atoms with E-state index >= 15 is 0 Å². The molecule has 5 N–H and O–H groups in total. The smallest absolute Gasteiger partial charge is 0.440 e. The van der Waals surface area contributed by atoms with Gasteiger partial charge < -0.3 is 21.5 Å². The summed E-state index contributed by atoms with van der Waals surface area (Å²) in [5.41, 5.74) is 7.32. The molecule has 1 unspecified atom stereocenters. The second-order valence-corrected chi connectivity index (χ2v) is 5.73. The average Bonchev–Trinajstić information content (AvgIpc) is 2.50. The van der Waals surface area contributed by atoms with E-state index in [0.717, 1.165) is 0 Å². The monoisotopic (exact) mass is 423 g/mol. The zero-order valence-electron chi connectivity index (χ0n) is 12.4. The van der Waals surface area contributed by atoms with E-state index in [1.807, 2.05) is 0 Å². The number of nitrogens with two attached hydrogens (primary N) is 2. The molecule has 0 radical (unpaired) electrons. The van der Waals surface area contributed by atoms with Gasteiger partial charge in [-0.3, -0.25) is 14.4 Å². The van der Waals surface area contributed by atoms with E-state index in [1.54, 1.807) is 0 Å². The maximum Gasteiger partial charge on any atom is 0.490 e. The predicted octanol–water partition coefficient (Wildman–Crippen LogP) is -1.31. The molecule has 0 aromatic heterocycles. The van der Waals surface area contributed by atoms with Crippen molar-refractivity contribution in [2.24, 2.45) is 17.4 Å². The van der Waals surface area contributed by atoms with Gasteiger partial charge in [0, 0.05) is 17.3 Å². The molecular formula is C11H16F3N3O5S3. The largest absolute Gasteiger partial charge is 0.490 e. The lowest BCUT2D eigenvalue weighted by Gasteiger charge is -2.35. The number of amides is 3. The van der Waals surface area contributed by atoms with E-state index in [-0.39, 0.29) is 5.75 Å². The van der Waals surface area contributed by atoms with Gasteiger partial charge in [0.15, 0.2) is 0 Å². The molecule has 0 fully saturated rings. The van der Waals surface area contributed by atoms with Crippen molar-refractivity contribution in [3.63, 3.8) is 0 Å². The van der Waals surface area contributed by atoms with Gasteiger partial charge >= 0.3 is 12.1 Å². The minimum absolute atomic E-state index is 0.229. The number of carbonyl (C=O) groups is 4. The first-order valence-electron chi connectivity index (χ1n) is 6.39. The zero-order valence-corrected chi connectivity index (χ0v) is 15.1. The van der Waals surface area contributed by atoms with E-state index in [0.29, 0.717) is 0 Å². The fourth-order valence-electron chi connectivity index (χ4n) is 1.66. The van der Waals surface area contributed by atoms with Crippen molar-refractivity contribution >= 4 is 61.6 Å². The minimum atomic E-state index is -5.44. The maximum absolute atomic E-state index is 12.5. The van der Waals surface area contributed by atoms with Crippen molar-refractivity contribution in [3.05, 3.63) is 0 Å². The number of halogens is 3. The SMILES string of the molecule is NC(=O)[C@H](CS)NC(=O)[C@H](CS)C(CS)(OC(=O)C(F)(F)F)C(N)=O. The number of hydrogen-bond donors (Lipinski definition) is 6. The highest BCUT2D eigenvalue weighted by Crippen LogP contribution is 2.30. The van der Waals surface area contributed by atoms with Crippen LogP contribution < -0.4 is 16.8 Å². The van der Waals surface area contributed by atoms with Gasteiger partial charge in [0.05, 0.1) is 5.92 Å². The molecule has 144 valence electrons. The Morgan fingerprint density at radius 3 is 1.84 bits per heavy atom. The Hall–Kier alpha value is -1.28. The van der Waals surface area contributed by atoms with E-state index in [1.165, 1.54) is 0 Å². The number of carbonyl (C=O) groups excluding carboxylic acids is 4. The number of nitrogens with one attached hydrogen (secondary N) is 1. The fraction of sp³-hybridized carbons (Fsp3) is 0.636. The van der Waals surface area contributed by atoms with Crippen LogP contribution in [0.4, 0.5) is 13.2 Å². The first-order valence-corrected chi connectivity index (χ1v) is 8.29. The number of rotatable bonds is 9. The number of hydrogen-bond acceptors (Lipinski definition) is 8. The Morgan fingerprint density at radius 1 is 1.04 bits per heavy atom. The van der Waals surface area contributed by atoms with Crippen molar-refractivity contribution in [3.8, 4) is 0 Å². The topological polar surface area (TPSA) is 142 Å². The number of esters is 1. The van der Waals surface area contributed by atoms with E-state index in [2.05, 4.69) is 47.9 Å². The summed E-state index contributed by atoms with van der Waals surface area (Å²) in [6.45, 7) is 0. The highest BCUT2D eigenvalue weighted by atomic mass is 32.1. The van der Waals surface area contributed by atoms with Gasteiger partial charge in [0.2, 0.25) is 17.4 Å². The molecule has 8 nitrogen and oxygen atoms in total. The first-order chi connectivity index (χ1) is 11.4. The summed E-state index contributed by atoms with van der Waals surface area (Å²) >= 11 is 11.3. The van der Waals surface area contributed by atoms with Crippen LogP contribution in [-0.2, 0) is 23.9 Å². The Kier molecular flexibility index (Phi) is 8.94. The first kappa shape index (κ1) is 23.7. The Labute approximate surface area is 156 Å². The Bertz CT molecular complexity index is 549. The lowest BCUT2D eigenvalue weighted by atomic mass is 9.88. The molecule has 0 bridgehead atoms. The molecule has 25 heavy (non-hydrogen) atoms. The maximum atomic E-state index is 12.5. The molecule has 3 amide bonds. The highest BCUT2D eigenvalue weighted by Gasteiger charge is 2.54. The van der Waals surface area contributed by atoms with Crippen LogP contribution in [0, 0.1) is 5.92 Å². The molecule has 0 saturated heterocycles. The Balaban J connectivity index is 5.81. The van der Waals surface area contributed by atoms with Gasteiger partial charge in [-0.15, -0.1) is 0 Å². The van der Waals surface area contributed by atoms with Gasteiger partial charge in [-0.05, 0) is 0 Å². The molecule has 14 heteroatoms. The summed E-state index contributed by atoms with van der Waals surface area (Å²) in [5, 5.41) is 2.07. The molecule has 0 spiro atoms. The lowest BCUT2D eigenvalue weighted by molar-refractivity contribution is -0.215. The highest BCUT2D eigenvalue weighted by molar-refractivity contribution is 7.80. The van der Waals surface area contributed by atoms with Crippen LogP contribution in [0.1, 0.15) is 0 Å². The van der Waals surface area contributed by atoms with E-state index in [4.69, 9.17) is 11.5 Å². The predicted molar refractivity (Wildman–Crippen MR) is 90.2 cm³/mol. The molecular weight excluding hydrogens is 407 g/mol. The van der Waals surface area contributed by atoms with Gasteiger partial charge in [-0.1, -0.05) is 0 Å². The second-order valence-electron chi connectivity index (χ2n) is 4.68. The summed E-state index contributed by atoms with van der Waals surface area (Å²) in [5.74, 6) is -9.81. The van der Waals surface area contributed by atoms with Gasteiger partial charge in [0.1, 0.15) is 6.04 Å². The van der Waals surface area contributed by atoms with Gasteiger partial charge in [0.25, 0.3) is 5.91 Å². The van der Waals surface area contributed by atoms with Crippen LogP contribution in [0.2, 0.25) is 0 Å². The molecule has 0 saturated carbocycles. The van der Waals surface area contributed by atoms with Crippen LogP contribution in [0.3, 0.4) is 0 Å². The molecule has 0 aromatic carbocycles. The second kappa shape index (κ2) is 9.43. The van der Waals surface area contributed by atoms with Crippen LogP contribution in [0.25, 0.3) is 0 Å². The standard InChI is InChI=1S/C11H16F3N3O5S3/c12-11(13,14)9(21)22-10(3-25,8(16)20)4(1-23)7(19)17-5(2-24)6(15)18/h4-5,23-25H,1-3H2,(H2,15,18)(H2,16,20)(H,17,19)/t4-,5-,10?/m0/s1. The molecule has 0 aliphatic carbocycles. The summed E-state index contributed by atoms with van der Waals surface area (Å²) in [6, 6.07) is -1.29. The third-order valence-corrected chi connectivity index (χ3v) is 4.26. The van der Waals surface area contributed by atoms with E-state index in [9.17, 15) is 32.3 Å². The molecule has 0 aliphatic heterocycles. The average molecular weight is 423 g/mol. The summed E-state index contributed by atoms with van der Waals surface area (Å²) < 4.78 is 41.6. The molecule has 3 atom stereocenters. The lowest BCUT2D eigenvalue weighted by Crippen LogP contribution is -2.62. The summed E-state index contributed by atoms with van der Waals surface area (Å²) in [7, 11) is 0. The molecule has 0 aliphatic rings.